The van der Waals surface area contributed by atoms with E-state index in [1.165, 1.54) is 24.1 Å². The third-order valence-corrected chi connectivity index (χ3v) is 3.89. The van der Waals surface area contributed by atoms with E-state index in [0.29, 0.717) is 24.1 Å². The lowest BCUT2D eigenvalue weighted by molar-refractivity contribution is -0.125. The number of nitrogens with one attached hydrogen (secondary N) is 2. The van der Waals surface area contributed by atoms with Crippen LogP contribution in [0.5, 0.6) is 0 Å². The Kier molecular flexibility index (Phi) is 4.72. The van der Waals surface area contributed by atoms with Gasteiger partial charge in [-0.1, -0.05) is 6.07 Å². The van der Waals surface area contributed by atoms with Gasteiger partial charge in [-0.25, -0.2) is 4.39 Å². The highest BCUT2D eigenvalue weighted by molar-refractivity contribution is 9.10. The molecule has 0 spiro atoms. The lowest BCUT2D eigenvalue weighted by atomic mass is 10.1. The van der Waals surface area contributed by atoms with Crippen molar-refractivity contribution in [1.82, 2.24) is 15.5 Å². The van der Waals surface area contributed by atoms with Crippen LogP contribution < -0.4 is 10.6 Å². The van der Waals surface area contributed by atoms with Gasteiger partial charge >= 0.3 is 0 Å². The van der Waals surface area contributed by atoms with Gasteiger partial charge in [-0.3, -0.25) is 9.59 Å². The van der Waals surface area contributed by atoms with Crippen molar-refractivity contribution in [1.29, 1.82) is 0 Å². The van der Waals surface area contributed by atoms with E-state index >= 15 is 0 Å². The molecular formula is C13H15BrFN3O2. The summed E-state index contributed by atoms with van der Waals surface area (Å²) in [6.45, 7) is 1.29. The molecule has 1 unspecified atom stereocenters. The normalized spacial score (nSPS) is 18.8. The number of carbonyl (C=O) groups is 2. The molecule has 1 fully saturated rings. The third kappa shape index (κ3) is 2.83. The molecule has 1 heterocycles. The average molecular weight is 344 g/mol. The van der Waals surface area contributed by atoms with E-state index in [9.17, 15) is 14.0 Å². The Morgan fingerprint density at radius 3 is 2.90 bits per heavy atom. The van der Waals surface area contributed by atoms with Gasteiger partial charge in [0.05, 0.1) is 5.56 Å². The second-order valence-corrected chi connectivity index (χ2v) is 5.28. The minimum atomic E-state index is -0.632. The first kappa shape index (κ1) is 14.9. The summed E-state index contributed by atoms with van der Waals surface area (Å²) in [7, 11) is 1.51. The van der Waals surface area contributed by atoms with E-state index in [-0.39, 0.29) is 11.5 Å². The van der Waals surface area contributed by atoms with Gasteiger partial charge in [0.1, 0.15) is 11.9 Å². The molecule has 1 aromatic rings. The SMILES string of the molecule is CNC(=O)C1CNCCN1C(=O)c1c(F)cccc1Br. The Bertz CT molecular complexity index is 518. The summed E-state index contributed by atoms with van der Waals surface area (Å²) in [5.74, 6) is -1.35. The van der Waals surface area contributed by atoms with E-state index in [4.69, 9.17) is 0 Å². The summed E-state index contributed by atoms with van der Waals surface area (Å²) >= 11 is 3.18. The maximum atomic E-state index is 13.9. The lowest BCUT2D eigenvalue weighted by Gasteiger charge is -2.35. The molecule has 108 valence electrons. The number of halogens is 2. The molecule has 1 aliphatic rings. The van der Waals surface area contributed by atoms with Crippen LogP contribution in [0.25, 0.3) is 0 Å². The van der Waals surface area contributed by atoms with E-state index in [0.717, 1.165) is 0 Å². The maximum absolute atomic E-state index is 13.9. The van der Waals surface area contributed by atoms with Gasteiger partial charge < -0.3 is 15.5 Å². The van der Waals surface area contributed by atoms with Crippen LogP contribution in [0.15, 0.2) is 22.7 Å². The number of benzene rings is 1. The number of hydrogen-bond acceptors (Lipinski definition) is 3. The van der Waals surface area contributed by atoms with Crippen LogP contribution >= 0.6 is 15.9 Å². The minimum absolute atomic E-state index is 0.0386. The number of nitrogens with zero attached hydrogens (tertiary/aromatic N) is 1. The molecule has 2 rings (SSSR count). The number of amides is 2. The van der Waals surface area contributed by atoms with E-state index in [1.54, 1.807) is 6.07 Å². The second-order valence-electron chi connectivity index (χ2n) is 4.43. The monoisotopic (exact) mass is 343 g/mol. The van der Waals surface area contributed by atoms with E-state index in [1.807, 2.05) is 0 Å². The van der Waals surface area contributed by atoms with Crippen LogP contribution in [0.2, 0.25) is 0 Å². The zero-order valence-electron chi connectivity index (χ0n) is 11.0. The van der Waals surface area contributed by atoms with Crippen LogP contribution in [0.4, 0.5) is 4.39 Å². The molecule has 2 N–H and O–H groups in total. The van der Waals surface area contributed by atoms with Gasteiger partial charge in [0.15, 0.2) is 0 Å². The van der Waals surface area contributed by atoms with Crippen LogP contribution in [0.3, 0.4) is 0 Å². The van der Waals surface area contributed by atoms with Gasteiger partial charge in [0.25, 0.3) is 5.91 Å². The molecule has 1 saturated heterocycles. The standard InChI is InChI=1S/C13H15BrFN3O2/c1-16-12(19)10-7-17-5-6-18(10)13(20)11-8(14)3-2-4-9(11)15/h2-4,10,17H,5-7H2,1H3,(H,16,19). The van der Waals surface area contributed by atoms with Crippen LogP contribution in [0, 0.1) is 5.82 Å². The first-order valence-electron chi connectivity index (χ1n) is 6.23. The van der Waals surface area contributed by atoms with Crippen LogP contribution in [-0.4, -0.2) is 49.4 Å². The molecule has 1 aliphatic heterocycles. The van der Waals surface area contributed by atoms with Crippen molar-refractivity contribution >= 4 is 27.7 Å². The fraction of sp³-hybridized carbons (Fsp3) is 0.385. The molecular weight excluding hydrogens is 329 g/mol. The molecule has 0 aromatic heterocycles. The molecule has 7 heteroatoms. The van der Waals surface area contributed by atoms with Crippen molar-refractivity contribution in [3.05, 3.63) is 34.1 Å². The Morgan fingerprint density at radius 2 is 2.25 bits per heavy atom. The van der Waals surface area contributed by atoms with E-state index in [2.05, 4.69) is 26.6 Å². The number of rotatable bonds is 2. The Morgan fingerprint density at radius 1 is 1.50 bits per heavy atom. The van der Waals surface area contributed by atoms with Gasteiger partial charge in [-0.2, -0.15) is 0 Å². The second kappa shape index (κ2) is 6.32. The number of carbonyl (C=O) groups excluding carboxylic acids is 2. The molecule has 20 heavy (non-hydrogen) atoms. The molecule has 5 nitrogen and oxygen atoms in total. The molecule has 0 aliphatic carbocycles. The van der Waals surface area contributed by atoms with Crippen LogP contribution in [-0.2, 0) is 4.79 Å². The van der Waals surface area contributed by atoms with Crippen molar-refractivity contribution in [2.45, 2.75) is 6.04 Å². The molecule has 0 saturated carbocycles. The van der Waals surface area contributed by atoms with Gasteiger partial charge in [-0.15, -0.1) is 0 Å². The summed E-state index contributed by atoms with van der Waals surface area (Å²) in [5.41, 5.74) is -0.0386. The largest absolute Gasteiger partial charge is 0.357 e. The number of hydrogen-bond donors (Lipinski definition) is 2. The topological polar surface area (TPSA) is 61.4 Å². The Balaban J connectivity index is 2.33. The highest BCUT2D eigenvalue weighted by Gasteiger charge is 2.33. The summed E-state index contributed by atoms with van der Waals surface area (Å²) < 4.78 is 14.3. The molecule has 1 aromatic carbocycles. The fourth-order valence-electron chi connectivity index (χ4n) is 2.19. The predicted octanol–water partition coefficient (Wildman–Crippen LogP) is 0.748. The highest BCUT2D eigenvalue weighted by atomic mass is 79.9. The zero-order valence-corrected chi connectivity index (χ0v) is 12.5. The molecule has 0 bridgehead atoms. The Labute approximate surface area is 124 Å². The Hall–Kier alpha value is -1.47. The van der Waals surface area contributed by atoms with Crippen molar-refractivity contribution in [2.75, 3.05) is 26.7 Å². The molecule has 2 amide bonds. The quantitative estimate of drug-likeness (QED) is 0.832. The highest BCUT2D eigenvalue weighted by Crippen LogP contribution is 2.22. The average Bonchev–Trinajstić information content (AvgIpc) is 2.46. The fourth-order valence-corrected chi connectivity index (χ4v) is 2.71. The van der Waals surface area contributed by atoms with Crippen LogP contribution in [0.1, 0.15) is 10.4 Å². The summed E-state index contributed by atoms with van der Waals surface area (Å²) in [6, 6.07) is 3.72. The molecule has 1 atom stereocenters. The van der Waals surface area contributed by atoms with Gasteiger partial charge in [-0.05, 0) is 28.1 Å². The number of likely N-dealkylation sites (N-methyl/N-ethyl adjacent to an activating group) is 1. The maximum Gasteiger partial charge on any atom is 0.258 e. The van der Waals surface area contributed by atoms with Crippen molar-refractivity contribution < 1.29 is 14.0 Å². The predicted molar refractivity (Wildman–Crippen MR) is 75.9 cm³/mol. The zero-order chi connectivity index (χ0) is 14.7. The van der Waals surface area contributed by atoms with Gasteiger partial charge in [0, 0.05) is 31.2 Å². The summed E-state index contributed by atoms with van der Waals surface area (Å²) in [4.78, 5) is 25.8. The smallest absolute Gasteiger partial charge is 0.258 e. The van der Waals surface area contributed by atoms with Gasteiger partial charge in [0.2, 0.25) is 5.91 Å². The summed E-state index contributed by atoms with van der Waals surface area (Å²) in [6.07, 6.45) is 0. The van der Waals surface area contributed by atoms with Crippen molar-refractivity contribution in [3.63, 3.8) is 0 Å². The lowest BCUT2D eigenvalue weighted by Crippen LogP contribution is -2.59. The third-order valence-electron chi connectivity index (χ3n) is 3.23. The van der Waals surface area contributed by atoms with E-state index < -0.39 is 17.8 Å². The first-order valence-corrected chi connectivity index (χ1v) is 7.03. The molecule has 0 radical (unpaired) electrons. The summed E-state index contributed by atoms with van der Waals surface area (Å²) in [5, 5.41) is 5.58. The van der Waals surface area contributed by atoms with Crippen molar-refractivity contribution in [3.8, 4) is 0 Å². The van der Waals surface area contributed by atoms with Crippen molar-refractivity contribution in [2.24, 2.45) is 0 Å². The first-order chi connectivity index (χ1) is 9.56. The number of piperazine rings is 1. The minimum Gasteiger partial charge on any atom is -0.357 e.